The topological polar surface area (TPSA) is 29.5 Å². The standard InChI is InChI=1S/C16H21BrO2/c1-19-16-5-4-12(8-14(16)17)15(18)9-13-7-10-2-3-11(13)6-10/h4-5,8,10-11,13,15,18H,2-3,6-7,9H2,1H3. The average molecular weight is 325 g/mol. The first-order chi connectivity index (χ1) is 9.17. The van der Waals surface area contributed by atoms with Crippen molar-refractivity contribution in [1.29, 1.82) is 0 Å². The van der Waals surface area contributed by atoms with Crippen LogP contribution in [0.4, 0.5) is 0 Å². The minimum atomic E-state index is -0.341. The number of aliphatic hydroxyl groups excluding tert-OH is 1. The maximum absolute atomic E-state index is 10.4. The van der Waals surface area contributed by atoms with Crippen molar-refractivity contribution in [1.82, 2.24) is 0 Å². The highest BCUT2D eigenvalue weighted by Crippen LogP contribution is 2.51. The van der Waals surface area contributed by atoms with Gasteiger partial charge in [-0.05, 0) is 77.1 Å². The number of benzene rings is 1. The molecule has 2 bridgehead atoms. The third kappa shape index (κ3) is 2.68. The molecule has 2 nitrogen and oxygen atoms in total. The van der Waals surface area contributed by atoms with E-state index in [9.17, 15) is 5.11 Å². The summed E-state index contributed by atoms with van der Waals surface area (Å²) in [6.07, 6.45) is 6.12. The lowest BCUT2D eigenvalue weighted by Crippen LogP contribution is -2.14. The Labute approximate surface area is 123 Å². The van der Waals surface area contributed by atoms with E-state index in [1.54, 1.807) is 7.11 Å². The Hall–Kier alpha value is -0.540. The Bertz CT molecular complexity index is 460. The molecule has 2 aliphatic carbocycles. The Kier molecular flexibility index (Phi) is 3.86. The molecule has 2 fully saturated rings. The van der Waals surface area contributed by atoms with Crippen molar-refractivity contribution >= 4 is 15.9 Å². The molecule has 0 aliphatic heterocycles. The number of aliphatic hydroxyl groups is 1. The molecule has 3 rings (SSSR count). The highest BCUT2D eigenvalue weighted by Gasteiger charge is 2.40. The van der Waals surface area contributed by atoms with Crippen LogP contribution in [0.1, 0.15) is 43.8 Å². The van der Waals surface area contributed by atoms with Gasteiger partial charge in [0.2, 0.25) is 0 Å². The fraction of sp³-hybridized carbons (Fsp3) is 0.625. The molecule has 0 amide bonds. The minimum Gasteiger partial charge on any atom is -0.496 e. The number of rotatable bonds is 4. The van der Waals surface area contributed by atoms with Crippen LogP contribution in [0.2, 0.25) is 0 Å². The van der Waals surface area contributed by atoms with E-state index in [1.807, 2.05) is 18.2 Å². The second-order valence-corrected chi connectivity index (χ2v) is 6.93. The molecule has 0 radical (unpaired) electrons. The number of ether oxygens (including phenoxy) is 1. The summed E-state index contributed by atoms with van der Waals surface area (Å²) >= 11 is 3.48. The maximum Gasteiger partial charge on any atom is 0.133 e. The van der Waals surface area contributed by atoms with E-state index < -0.39 is 0 Å². The van der Waals surface area contributed by atoms with E-state index in [-0.39, 0.29) is 6.10 Å². The van der Waals surface area contributed by atoms with E-state index in [0.717, 1.165) is 40.0 Å². The van der Waals surface area contributed by atoms with Crippen LogP contribution in [-0.2, 0) is 0 Å². The summed E-state index contributed by atoms with van der Waals surface area (Å²) in [5.41, 5.74) is 0.996. The smallest absolute Gasteiger partial charge is 0.133 e. The number of hydrogen-bond donors (Lipinski definition) is 1. The van der Waals surface area contributed by atoms with Gasteiger partial charge in [0.25, 0.3) is 0 Å². The molecule has 1 N–H and O–H groups in total. The van der Waals surface area contributed by atoms with Crippen LogP contribution in [0.25, 0.3) is 0 Å². The van der Waals surface area contributed by atoms with Crippen LogP contribution in [0, 0.1) is 17.8 Å². The van der Waals surface area contributed by atoms with Crippen molar-refractivity contribution in [2.24, 2.45) is 17.8 Å². The first-order valence-electron chi connectivity index (χ1n) is 7.19. The van der Waals surface area contributed by atoms with Crippen molar-refractivity contribution in [2.45, 2.75) is 38.2 Å². The first-order valence-corrected chi connectivity index (χ1v) is 7.98. The van der Waals surface area contributed by atoms with Crippen molar-refractivity contribution in [3.8, 4) is 5.75 Å². The van der Waals surface area contributed by atoms with Gasteiger partial charge in [-0.25, -0.2) is 0 Å². The lowest BCUT2D eigenvalue weighted by atomic mass is 9.83. The highest BCUT2D eigenvalue weighted by molar-refractivity contribution is 9.10. The van der Waals surface area contributed by atoms with E-state index in [1.165, 1.54) is 25.7 Å². The van der Waals surface area contributed by atoms with Crippen LogP contribution in [0.3, 0.4) is 0 Å². The highest BCUT2D eigenvalue weighted by atomic mass is 79.9. The SMILES string of the molecule is COc1ccc(C(O)CC2CC3CCC2C3)cc1Br. The monoisotopic (exact) mass is 324 g/mol. The fourth-order valence-electron chi connectivity index (χ4n) is 3.98. The lowest BCUT2D eigenvalue weighted by Gasteiger charge is -2.24. The zero-order valence-electron chi connectivity index (χ0n) is 11.3. The van der Waals surface area contributed by atoms with Crippen molar-refractivity contribution < 1.29 is 9.84 Å². The quantitative estimate of drug-likeness (QED) is 0.893. The molecule has 0 spiro atoms. The van der Waals surface area contributed by atoms with E-state index in [0.29, 0.717) is 0 Å². The Morgan fingerprint density at radius 3 is 2.79 bits per heavy atom. The Morgan fingerprint density at radius 2 is 2.21 bits per heavy atom. The zero-order chi connectivity index (χ0) is 13.4. The molecule has 2 saturated carbocycles. The summed E-state index contributed by atoms with van der Waals surface area (Å²) < 4.78 is 6.14. The molecule has 0 saturated heterocycles. The summed E-state index contributed by atoms with van der Waals surface area (Å²) in [5.74, 6) is 3.37. The average Bonchev–Trinajstić information content (AvgIpc) is 3.00. The second kappa shape index (κ2) is 5.45. The Balaban J connectivity index is 1.67. The van der Waals surface area contributed by atoms with E-state index in [2.05, 4.69) is 15.9 Å². The summed E-state index contributed by atoms with van der Waals surface area (Å²) in [6, 6.07) is 5.88. The van der Waals surface area contributed by atoms with Gasteiger partial charge in [0, 0.05) is 0 Å². The molecule has 104 valence electrons. The predicted octanol–water partition coefficient (Wildman–Crippen LogP) is 4.32. The van der Waals surface area contributed by atoms with Crippen LogP contribution in [0.5, 0.6) is 5.75 Å². The molecule has 1 aromatic rings. The van der Waals surface area contributed by atoms with Gasteiger partial charge >= 0.3 is 0 Å². The third-order valence-corrected chi connectivity index (χ3v) is 5.59. The fourth-order valence-corrected chi connectivity index (χ4v) is 4.54. The second-order valence-electron chi connectivity index (χ2n) is 6.08. The molecule has 19 heavy (non-hydrogen) atoms. The summed E-state index contributed by atoms with van der Waals surface area (Å²) in [7, 11) is 1.66. The van der Waals surface area contributed by atoms with Gasteiger partial charge in [0.15, 0.2) is 0 Å². The number of methoxy groups -OCH3 is 1. The normalized spacial score (nSPS) is 30.6. The van der Waals surface area contributed by atoms with Gasteiger partial charge in [-0.1, -0.05) is 12.5 Å². The largest absolute Gasteiger partial charge is 0.496 e. The van der Waals surface area contributed by atoms with Gasteiger partial charge < -0.3 is 9.84 Å². The van der Waals surface area contributed by atoms with Crippen molar-refractivity contribution in [3.05, 3.63) is 28.2 Å². The van der Waals surface area contributed by atoms with Gasteiger partial charge in [-0.2, -0.15) is 0 Å². The molecule has 1 aromatic carbocycles. The summed E-state index contributed by atoms with van der Waals surface area (Å²) in [5, 5.41) is 10.4. The van der Waals surface area contributed by atoms with Crippen LogP contribution in [0.15, 0.2) is 22.7 Å². The molecule has 4 unspecified atom stereocenters. The van der Waals surface area contributed by atoms with Crippen LogP contribution in [-0.4, -0.2) is 12.2 Å². The van der Waals surface area contributed by atoms with Gasteiger partial charge in [-0.15, -0.1) is 0 Å². The number of fused-ring (bicyclic) bond motifs is 2. The van der Waals surface area contributed by atoms with Crippen molar-refractivity contribution in [2.75, 3.05) is 7.11 Å². The summed E-state index contributed by atoms with van der Waals surface area (Å²) in [4.78, 5) is 0. The van der Waals surface area contributed by atoms with E-state index >= 15 is 0 Å². The lowest BCUT2D eigenvalue weighted by molar-refractivity contribution is 0.125. The summed E-state index contributed by atoms with van der Waals surface area (Å²) in [6.45, 7) is 0. The molecule has 3 heteroatoms. The molecule has 4 atom stereocenters. The number of halogens is 1. The molecular formula is C16H21BrO2. The van der Waals surface area contributed by atoms with Gasteiger partial charge in [-0.3, -0.25) is 0 Å². The predicted molar refractivity (Wildman–Crippen MR) is 79.2 cm³/mol. The van der Waals surface area contributed by atoms with E-state index in [4.69, 9.17) is 4.74 Å². The number of hydrogen-bond acceptors (Lipinski definition) is 2. The van der Waals surface area contributed by atoms with Crippen molar-refractivity contribution in [3.63, 3.8) is 0 Å². The van der Waals surface area contributed by atoms with Gasteiger partial charge in [0.05, 0.1) is 17.7 Å². The molecular weight excluding hydrogens is 304 g/mol. The minimum absolute atomic E-state index is 0.341. The van der Waals surface area contributed by atoms with Crippen LogP contribution < -0.4 is 4.74 Å². The third-order valence-electron chi connectivity index (χ3n) is 4.97. The maximum atomic E-state index is 10.4. The first kappa shape index (κ1) is 13.4. The molecule has 2 aliphatic rings. The molecule has 0 heterocycles. The Morgan fingerprint density at radius 1 is 1.37 bits per heavy atom. The van der Waals surface area contributed by atoms with Gasteiger partial charge in [0.1, 0.15) is 5.75 Å². The van der Waals surface area contributed by atoms with Crippen LogP contribution >= 0.6 is 15.9 Å². The zero-order valence-corrected chi connectivity index (χ0v) is 12.9. The molecule has 0 aromatic heterocycles.